The number of rotatable bonds is 6. The molecule has 2 aromatic rings. The molecule has 136 valence electrons. The van der Waals surface area contributed by atoms with E-state index < -0.39 is 30.2 Å². The highest BCUT2D eigenvalue weighted by Crippen LogP contribution is 2.15. The summed E-state index contributed by atoms with van der Waals surface area (Å²) in [5, 5.41) is 2.75. The van der Waals surface area contributed by atoms with Crippen LogP contribution in [0.2, 0.25) is 5.02 Å². The zero-order valence-electron chi connectivity index (χ0n) is 13.9. The molecule has 0 aliphatic carbocycles. The second-order valence-electron chi connectivity index (χ2n) is 5.36. The minimum Gasteiger partial charge on any atom is -0.452 e. The van der Waals surface area contributed by atoms with Gasteiger partial charge in [-0.15, -0.1) is 0 Å². The maximum absolute atomic E-state index is 12.8. The van der Waals surface area contributed by atoms with Gasteiger partial charge < -0.3 is 15.0 Å². The lowest BCUT2D eigenvalue weighted by molar-refractivity contribution is -0.136. The average Bonchev–Trinajstić information content (AvgIpc) is 2.61. The molecule has 2 aromatic carbocycles. The van der Waals surface area contributed by atoms with Crippen LogP contribution in [0.15, 0.2) is 48.5 Å². The topological polar surface area (TPSA) is 75.7 Å². The molecule has 1 N–H and O–H groups in total. The predicted molar refractivity (Wildman–Crippen MR) is 94.4 cm³/mol. The third-order valence-corrected chi connectivity index (χ3v) is 3.68. The fourth-order valence-corrected chi connectivity index (χ4v) is 2.19. The number of carbonyl (C=O) groups is 3. The van der Waals surface area contributed by atoms with Gasteiger partial charge in [-0.1, -0.05) is 23.7 Å². The molecule has 0 aromatic heterocycles. The van der Waals surface area contributed by atoms with E-state index in [-0.39, 0.29) is 17.1 Å². The van der Waals surface area contributed by atoms with E-state index in [2.05, 4.69) is 5.32 Å². The van der Waals surface area contributed by atoms with Gasteiger partial charge in [-0.2, -0.15) is 0 Å². The summed E-state index contributed by atoms with van der Waals surface area (Å²) < 4.78 is 17.7. The van der Waals surface area contributed by atoms with Gasteiger partial charge in [-0.05, 0) is 36.4 Å². The number of nitrogens with one attached hydrogen (secondary N) is 1. The Morgan fingerprint density at radius 2 is 1.77 bits per heavy atom. The fraction of sp³-hybridized carbons (Fsp3) is 0.167. The molecule has 0 fully saturated rings. The van der Waals surface area contributed by atoms with Crippen molar-refractivity contribution in [3.8, 4) is 0 Å². The van der Waals surface area contributed by atoms with Crippen LogP contribution in [-0.4, -0.2) is 42.9 Å². The average molecular weight is 379 g/mol. The summed E-state index contributed by atoms with van der Waals surface area (Å²) in [6, 6.07) is 11.5. The summed E-state index contributed by atoms with van der Waals surface area (Å²) in [5.74, 6) is -2.17. The number of anilines is 1. The van der Waals surface area contributed by atoms with Crippen LogP contribution in [0.5, 0.6) is 0 Å². The molecule has 0 aliphatic rings. The number of hydrogen-bond acceptors (Lipinski definition) is 4. The number of ether oxygens (including phenoxy) is 1. The van der Waals surface area contributed by atoms with Gasteiger partial charge in [0.25, 0.3) is 5.91 Å². The lowest BCUT2D eigenvalue weighted by Gasteiger charge is -2.17. The number of halogens is 2. The molecule has 0 unspecified atom stereocenters. The van der Waals surface area contributed by atoms with Gasteiger partial charge in [-0.3, -0.25) is 9.59 Å². The molecule has 0 heterocycles. The number of esters is 1. The van der Waals surface area contributed by atoms with Gasteiger partial charge in [0.05, 0.1) is 17.1 Å². The molecule has 0 aliphatic heterocycles. The van der Waals surface area contributed by atoms with Crippen LogP contribution in [0.4, 0.5) is 10.1 Å². The monoisotopic (exact) mass is 378 g/mol. The van der Waals surface area contributed by atoms with E-state index in [0.717, 1.165) is 4.90 Å². The quantitative estimate of drug-likeness (QED) is 0.784. The Balaban J connectivity index is 1.81. The Labute approximate surface area is 154 Å². The number of likely N-dealkylation sites (N-methyl/N-ethyl adjacent to an activating group) is 1. The minimum atomic E-state index is -0.729. The van der Waals surface area contributed by atoms with E-state index in [9.17, 15) is 18.8 Å². The first-order valence-electron chi connectivity index (χ1n) is 7.58. The third-order valence-electron chi connectivity index (χ3n) is 3.36. The van der Waals surface area contributed by atoms with Gasteiger partial charge in [0.2, 0.25) is 5.91 Å². The highest BCUT2D eigenvalue weighted by Gasteiger charge is 2.17. The summed E-state index contributed by atoms with van der Waals surface area (Å²) in [6.07, 6.45) is 0. The third kappa shape index (κ3) is 5.56. The van der Waals surface area contributed by atoms with Crippen molar-refractivity contribution in [3.63, 3.8) is 0 Å². The van der Waals surface area contributed by atoms with Crippen molar-refractivity contribution in [1.29, 1.82) is 0 Å². The van der Waals surface area contributed by atoms with Crippen molar-refractivity contribution in [2.24, 2.45) is 0 Å². The van der Waals surface area contributed by atoms with Crippen molar-refractivity contribution in [2.45, 2.75) is 0 Å². The summed E-state index contributed by atoms with van der Waals surface area (Å²) in [5.41, 5.74) is 0.557. The van der Waals surface area contributed by atoms with Gasteiger partial charge in [0.1, 0.15) is 5.82 Å². The van der Waals surface area contributed by atoms with Gasteiger partial charge in [-0.25, -0.2) is 9.18 Å². The Hall–Kier alpha value is -2.93. The summed E-state index contributed by atoms with van der Waals surface area (Å²) >= 11 is 5.88. The molecule has 0 saturated heterocycles. The van der Waals surface area contributed by atoms with Crippen LogP contribution < -0.4 is 5.32 Å². The molecule has 0 radical (unpaired) electrons. The molecule has 6 nitrogen and oxygen atoms in total. The fourth-order valence-electron chi connectivity index (χ4n) is 1.98. The molecule has 26 heavy (non-hydrogen) atoms. The normalized spacial score (nSPS) is 10.1. The number of benzene rings is 2. The van der Waals surface area contributed by atoms with Gasteiger partial charge in [0.15, 0.2) is 6.61 Å². The summed E-state index contributed by atoms with van der Waals surface area (Å²) in [6.45, 7) is -0.774. The van der Waals surface area contributed by atoms with Crippen LogP contribution in [0.25, 0.3) is 0 Å². The number of carbonyl (C=O) groups excluding carboxylic acids is 3. The van der Waals surface area contributed by atoms with E-state index in [1.54, 1.807) is 12.1 Å². The van der Waals surface area contributed by atoms with E-state index in [0.29, 0.717) is 5.69 Å². The molecule has 8 heteroatoms. The molecule has 2 amide bonds. The van der Waals surface area contributed by atoms with Crippen molar-refractivity contribution < 1.29 is 23.5 Å². The van der Waals surface area contributed by atoms with E-state index in [1.807, 2.05) is 0 Å². The SMILES string of the molecule is CN(CC(=O)Nc1ccc(F)cc1)C(=O)COC(=O)c1ccccc1Cl. The highest BCUT2D eigenvalue weighted by molar-refractivity contribution is 6.33. The zero-order chi connectivity index (χ0) is 19.1. The van der Waals surface area contributed by atoms with Crippen molar-refractivity contribution in [2.75, 3.05) is 25.5 Å². The van der Waals surface area contributed by atoms with Gasteiger partial charge in [0, 0.05) is 12.7 Å². The Morgan fingerprint density at radius 1 is 1.12 bits per heavy atom. The standard InChI is InChI=1S/C18H16ClFN2O4/c1-22(10-16(23)21-13-8-6-12(20)7-9-13)17(24)11-26-18(25)14-4-2-3-5-15(14)19/h2-9H,10-11H2,1H3,(H,21,23). The lowest BCUT2D eigenvalue weighted by Crippen LogP contribution is -2.37. The first kappa shape index (κ1) is 19.4. The lowest BCUT2D eigenvalue weighted by atomic mass is 10.2. The molecule has 0 spiro atoms. The number of amides is 2. The Kier molecular flexibility index (Phi) is 6.68. The second kappa shape index (κ2) is 8.96. The molecule has 0 saturated carbocycles. The molecular formula is C18H16ClFN2O4. The highest BCUT2D eigenvalue weighted by atomic mass is 35.5. The number of hydrogen-bond donors (Lipinski definition) is 1. The second-order valence-corrected chi connectivity index (χ2v) is 5.77. The molecule has 0 bridgehead atoms. The van der Waals surface area contributed by atoms with Crippen LogP contribution >= 0.6 is 11.6 Å². The van der Waals surface area contributed by atoms with Crippen molar-refractivity contribution in [3.05, 3.63) is 64.9 Å². The maximum atomic E-state index is 12.8. The summed E-state index contributed by atoms with van der Waals surface area (Å²) in [4.78, 5) is 36.9. The van der Waals surface area contributed by atoms with Crippen molar-refractivity contribution in [1.82, 2.24) is 4.90 Å². The molecule has 2 rings (SSSR count). The smallest absolute Gasteiger partial charge is 0.340 e. The zero-order valence-corrected chi connectivity index (χ0v) is 14.6. The molecular weight excluding hydrogens is 363 g/mol. The van der Waals surface area contributed by atoms with Crippen LogP contribution in [0.3, 0.4) is 0 Å². The van der Waals surface area contributed by atoms with Crippen LogP contribution in [-0.2, 0) is 14.3 Å². The Bertz CT molecular complexity index is 811. The van der Waals surface area contributed by atoms with E-state index in [1.165, 1.54) is 43.4 Å². The predicted octanol–water partition coefficient (Wildman–Crippen LogP) is 2.73. The molecule has 0 atom stereocenters. The van der Waals surface area contributed by atoms with Crippen LogP contribution in [0.1, 0.15) is 10.4 Å². The van der Waals surface area contributed by atoms with Crippen LogP contribution in [0, 0.1) is 5.82 Å². The van der Waals surface area contributed by atoms with E-state index in [4.69, 9.17) is 16.3 Å². The van der Waals surface area contributed by atoms with Crippen molar-refractivity contribution >= 4 is 35.1 Å². The van der Waals surface area contributed by atoms with Gasteiger partial charge >= 0.3 is 5.97 Å². The summed E-state index contributed by atoms with van der Waals surface area (Å²) in [7, 11) is 1.40. The first-order chi connectivity index (χ1) is 12.4. The Morgan fingerprint density at radius 3 is 2.42 bits per heavy atom. The largest absolute Gasteiger partial charge is 0.452 e. The first-order valence-corrected chi connectivity index (χ1v) is 7.95. The minimum absolute atomic E-state index is 0.152. The van der Waals surface area contributed by atoms with E-state index >= 15 is 0 Å². The maximum Gasteiger partial charge on any atom is 0.340 e. The number of nitrogens with zero attached hydrogens (tertiary/aromatic N) is 1.